The molecule has 0 radical (unpaired) electrons. The van der Waals surface area contributed by atoms with Gasteiger partial charge in [0.05, 0.1) is 19.0 Å². The lowest BCUT2D eigenvalue weighted by Gasteiger charge is -2.06. The van der Waals surface area contributed by atoms with E-state index in [0.717, 1.165) is 10.2 Å². The average molecular weight is 321 g/mol. The summed E-state index contributed by atoms with van der Waals surface area (Å²) < 4.78 is 5.88. The number of methoxy groups -OCH3 is 1. The van der Waals surface area contributed by atoms with Crippen LogP contribution >= 0.6 is 15.9 Å². The van der Waals surface area contributed by atoms with Gasteiger partial charge in [-0.1, -0.05) is 34.1 Å². The van der Waals surface area contributed by atoms with Crippen LogP contribution in [0, 0.1) is 0 Å². The number of ether oxygens (including phenoxy) is 1. The number of benzene rings is 2. The monoisotopic (exact) mass is 320 g/mol. The number of hydrogen-bond acceptors (Lipinski definition) is 4. The van der Waals surface area contributed by atoms with Crippen LogP contribution in [0.15, 0.2) is 52.0 Å². The quantitative estimate of drug-likeness (QED) is 0.668. The number of phenolic OH excluding ortho intramolecular Hbond substituents is 1. The van der Waals surface area contributed by atoms with Gasteiger partial charge in [0, 0.05) is 10.0 Å². The third-order valence-corrected chi connectivity index (χ3v) is 2.92. The van der Waals surface area contributed by atoms with Crippen LogP contribution in [0.1, 0.15) is 5.56 Å². The standard InChI is InChI=1S/C14H13BrN2O2/c1-19-13-8-11(15)7-10(14(13)18)9-16-17-12-5-3-2-4-6-12/h2-9,17-18H,1H3. The summed E-state index contributed by atoms with van der Waals surface area (Å²) in [6.07, 6.45) is 1.54. The minimum atomic E-state index is 0.0595. The summed E-state index contributed by atoms with van der Waals surface area (Å²) in [7, 11) is 1.50. The summed E-state index contributed by atoms with van der Waals surface area (Å²) in [4.78, 5) is 0. The molecule has 0 aliphatic rings. The zero-order chi connectivity index (χ0) is 13.7. The normalized spacial score (nSPS) is 10.6. The van der Waals surface area contributed by atoms with E-state index >= 15 is 0 Å². The number of nitrogens with zero attached hydrogens (tertiary/aromatic N) is 1. The molecule has 0 saturated carbocycles. The first-order chi connectivity index (χ1) is 9.20. The first kappa shape index (κ1) is 13.4. The van der Waals surface area contributed by atoms with Crippen LogP contribution in [-0.4, -0.2) is 18.4 Å². The zero-order valence-electron chi connectivity index (χ0n) is 10.3. The summed E-state index contributed by atoms with van der Waals surface area (Å²) in [5.74, 6) is 0.458. The van der Waals surface area contributed by atoms with Gasteiger partial charge in [0.1, 0.15) is 0 Å². The number of hydrogen-bond donors (Lipinski definition) is 2. The van der Waals surface area contributed by atoms with Crippen molar-refractivity contribution in [3.8, 4) is 11.5 Å². The Hall–Kier alpha value is -2.01. The lowest BCUT2D eigenvalue weighted by Crippen LogP contribution is -1.93. The third-order valence-electron chi connectivity index (χ3n) is 2.46. The van der Waals surface area contributed by atoms with E-state index in [2.05, 4.69) is 26.5 Å². The maximum absolute atomic E-state index is 9.95. The molecule has 2 rings (SSSR count). The highest BCUT2D eigenvalue weighted by atomic mass is 79.9. The molecule has 0 fully saturated rings. The zero-order valence-corrected chi connectivity index (χ0v) is 11.9. The molecule has 0 heterocycles. The fourth-order valence-corrected chi connectivity index (χ4v) is 1.99. The summed E-state index contributed by atoms with van der Waals surface area (Å²) in [6, 6.07) is 13.0. The fourth-order valence-electron chi connectivity index (χ4n) is 1.54. The van der Waals surface area contributed by atoms with Crippen molar-refractivity contribution >= 4 is 27.8 Å². The molecular formula is C14H13BrN2O2. The first-order valence-corrected chi connectivity index (χ1v) is 6.40. The van der Waals surface area contributed by atoms with Gasteiger partial charge in [-0.15, -0.1) is 0 Å². The maximum atomic E-state index is 9.95. The van der Waals surface area contributed by atoms with Gasteiger partial charge in [-0.2, -0.15) is 5.10 Å². The lowest BCUT2D eigenvalue weighted by atomic mass is 10.2. The number of aromatic hydroxyl groups is 1. The van der Waals surface area contributed by atoms with E-state index in [9.17, 15) is 5.11 Å². The molecule has 5 heteroatoms. The van der Waals surface area contributed by atoms with Crippen LogP contribution in [0.25, 0.3) is 0 Å². The Bertz CT molecular complexity index is 585. The Morgan fingerprint density at radius 3 is 2.68 bits per heavy atom. The van der Waals surface area contributed by atoms with Crippen LogP contribution in [0.4, 0.5) is 5.69 Å². The second kappa shape index (κ2) is 6.24. The molecule has 0 aromatic heterocycles. The van der Waals surface area contributed by atoms with Gasteiger partial charge in [0.2, 0.25) is 0 Å². The molecule has 0 atom stereocenters. The van der Waals surface area contributed by atoms with Crippen molar-refractivity contribution in [3.63, 3.8) is 0 Å². The van der Waals surface area contributed by atoms with Crippen molar-refractivity contribution in [2.75, 3.05) is 12.5 Å². The molecule has 2 N–H and O–H groups in total. The van der Waals surface area contributed by atoms with Gasteiger partial charge in [-0.3, -0.25) is 5.43 Å². The second-order valence-electron chi connectivity index (χ2n) is 3.78. The van der Waals surface area contributed by atoms with Gasteiger partial charge in [-0.25, -0.2) is 0 Å². The number of hydrazone groups is 1. The van der Waals surface area contributed by atoms with Crippen LogP contribution in [0.2, 0.25) is 0 Å². The van der Waals surface area contributed by atoms with Crippen molar-refractivity contribution in [2.45, 2.75) is 0 Å². The molecule has 0 amide bonds. The molecule has 2 aromatic carbocycles. The maximum Gasteiger partial charge on any atom is 0.166 e. The van der Waals surface area contributed by atoms with Gasteiger partial charge in [0.25, 0.3) is 0 Å². The second-order valence-corrected chi connectivity index (χ2v) is 4.70. The molecule has 0 saturated heterocycles. The molecular weight excluding hydrogens is 308 g/mol. The average Bonchev–Trinajstić information content (AvgIpc) is 2.43. The minimum absolute atomic E-state index is 0.0595. The molecule has 19 heavy (non-hydrogen) atoms. The Balaban J connectivity index is 2.17. The SMILES string of the molecule is COc1cc(Br)cc(C=NNc2ccccc2)c1O. The minimum Gasteiger partial charge on any atom is -0.504 e. The van der Waals surface area contributed by atoms with Gasteiger partial charge in [0.15, 0.2) is 11.5 Å². The van der Waals surface area contributed by atoms with Crippen molar-refractivity contribution in [2.24, 2.45) is 5.10 Å². The molecule has 2 aromatic rings. The first-order valence-electron chi connectivity index (χ1n) is 5.61. The van der Waals surface area contributed by atoms with Crippen LogP contribution < -0.4 is 10.2 Å². The summed E-state index contributed by atoms with van der Waals surface area (Å²) >= 11 is 3.35. The molecule has 0 aliphatic heterocycles. The molecule has 4 nitrogen and oxygen atoms in total. The third kappa shape index (κ3) is 3.48. The van der Waals surface area contributed by atoms with E-state index in [4.69, 9.17) is 4.74 Å². The highest BCUT2D eigenvalue weighted by molar-refractivity contribution is 9.10. The molecule has 0 spiro atoms. The summed E-state index contributed by atoms with van der Waals surface area (Å²) in [5, 5.41) is 14.0. The van der Waals surface area contributed by atoms with E-state index in [0.29, 0.717) is 11.3 Å². The summed E-state index contributed by atoms with van der Waals surface area (Å²) in [6.45, 7) is 0. The highest BCUT2D eigenvalue weighted by Gasteiger charge is 2.07. The van der Waals surface area contributed by atoms with Crippen molar-refractivity contribution < 1.29 is 9.84 Å². The molecule has 0 unspecified atom stereocenters. The van der Waals surface area contributed by atoms with E-state index in [1.165, 1.54) is 13.3 Å². The number of phenols is 1. The fraction of sp³-hybridized carbons (Fsp3) is 0.0714. The van der Waals surface area contributed by atoms with Gasteiger partial charge < -0.3 is 9.84 Å². The van der Waals surface area contributed by atoms with Gasteiger partial charge >= 0.3 is 0 Å². The lowest BCUT2D eigenvalue weighted by molar-refractivity contribution is 0.373. The predicted octanol–water partition coefficient (Wildman–Crippen LogP) is 3.61. The van der Waals surface area contributed by atoms with Crippen molar-refractivity contribution in [3.05, 3.63) is 52.5 Å². The van der Waals surface area contributed by atoms with Crippen LogP contribution in [0.3, 0.4) is 0 Å². The molecule has 98 valence electrons. The predicted molar refractivity (Wildman–Crippen MR) is 80.0 cm³/mol. The topological polar surface area (TPSA) is 53.8 Å². The van der Waals surface area contributed by atoms with Crippen molar-refractivity contribution in [1.82, 2.24) is 0 Å². The van der Waals surface area contributed by atoms with E-state index in [1.54, 1.807) is 12.1 Å². The Morgan fingerprint density at radius 1 is 1.26 bits per heavy atom. The van der Waals surface area contributed by atoms with Crippen LogP contribution in [0.5, 0.6) is 11.5 Å². The van der Waals surface area contributed by atoms with Crippen molar-refractivity contribution in [1.29, 1.82) is 0 Å². The molecule has 0 aliphatic carbocycles. The number of nitrogens with one attached hydrogen (secondary N) is 1. The van der Waals surface area contributed by atoms with Crippen LogP contribution in [-0.2, 0) is 0 Å². The Morgan fingerprint density at radius 2 is 2.00 bits per heavy atom. The van der Waals surface area contributed by atoms with E-state index < -0.39 is 0 Å². The van der Waals surface area contributed by atoms with E-state index in [-0.39, 0.29) is 5.75 Å². The number of anilines is 1. The smallest absolute Gasteiger partial charge is 0.166 e. The summed E-state index contributed by atoms with van der Waals surface area (Å²) in [5.41, 5.74) is 4.32. The molecule has 0 bridgehead atoms. The van der Waals surface area contributed by atoms with E-state index in [1.807, 2.05) is 30.3 Å². The Kier molecular flexibility index (Phi) is 4.41. The largest absolute Gasteiger partial charge is 0.504 e. The van der Waals surface area contributed by atoms with Gasteiger partial charge in [-0.05, 0) is 24.3 Å². The number of para-hydroxylation sites is 1. The number of halogens is 1. The highest BCUT2D eigenvalue weighted by Crippen LogP contribution is 2.32. The number of rotatable bonds is 4. The Labute approximate surface area is 119 Å².